The Morgan fingerprint density at radius 3 is 2.47 bits per heavy atom. The Balaban J connectivity index is 1.70. The number of amides is 3. The normalized spacial score (nSPS) is 15.0. The van der Waals surface area contributed by atoms with Crippen LogP contribution in [0, 0.1) is 19.8 Å². The Bertz CT molecular complexity index is 993. The maximum absolute atomic E-state index is 12.9. The monoisotopic (exact) mass is 433 g/mol. The molecule has 0 aliphatic carbocycles. The molecule has 3 rings (SSSR count). The summed E-state index contributed by atoms with van der Waals surface area (Å²) in [6.45, 7) is 8.92. The Hall–Kier alpha value is -3.41. The fourth-order valence-electron chi connectivity index (χ4n) is 4.11. The molecule has 1 heterocycles. The molecule has 6 heteroatoms. The largest absolute Gasteiger partial charge is 0.351 e. The highest BCUT2D eigenvalue weighted by Crippen LogP contribution is 2.24. The van der Waals surface area contributed by atoms with E-state index in [1.54, 1.807) is 18.2 Å². The van der Waals surface area contributed by atoms with Crippen LogP contribution in [0.25, 0.3) is 0 Å². The highest BCUT2D eigenvalue weighted by atomic mass is 16.2. The van der Waals surface area contributed by atoms with Gasteiger partial charge < -0.3 is 15.5 Å². The summed E-state index contributed by atoms with van der Waals surface area (Å²) in [7, 11) is 0. The van der Waals surface area contributed by atoms with E-state index in [-0.39, 0.29) is 23.6 Å². The fraction of sp³-hybridized carbons (Fsp3) is 0.346. The van der Waals surface area contributed by atoms with E-state index in [9.17, 15) is 14.4 Å². The number of rotatable bonds is 7. The third-order valence-corrected chi connectivity index (χ3v) is 5.94. The number of nitrogens with zero attached hydrogens (tertiary/aromatic N) is 1. The summed E-state index contributed by atoms with van der Waals surface area (Å²) >= 11 is 0. The number of benzene rings is 2. The predicted molar refractivity (Wildman–Crippen MR) is 125 cm³/mol. The lowest BCUT2D eigenvalue weighted by molar-refractivity contribution is -0.124. The first-order valence-electron chi connectivity index (χ1n) is 11.0. The van der Waals surface area contributed by atoms with Gasteiger partial charge >= 0.3 is 0 Å². The summed E-state index contributed by atoms with van der Waals surface area (Å²) in [6, 6.07) is 14.2. The van der Waals surface area contributed by atoms with Crippen molar-refractivity contribution < 1.29 is 14.4 Å². The fourth-order valence-corrected chi connectivity index (χ4v) is 4.11. The van der Waals surface area contributed by atoms with Gasteiger partial charge in [-0.25, -0.2) is 0 Å². The minimum absolute atomic E-state index is 0.0120. The molecule has 0 radical (unpaired) electrons. The zero-order valence-electron chi connectivity index (χ0n) is 18.8. The van der Waals surface area contributed by atoms with Gasteiger partial charge in [-0.15, -0.1) is 6.58 Å². The van der Waals surface area contributed by atoms with Gasteiger partial charge in [0.2, 0.25) is 5.91 Å². The van der Waals surface area contributed by atoms with E-state index in [0.29, 0.717) is 43.6 Å². The Morgan fingerprint density at radius 1 is 1.09 bits per heavy atom. The molecule has 32 heavy (non-hydrogen) atoms. The van der Waals surface area contributed by atoms with E-state index < -0.39 is 6.04 Å². The van der Waals surface area contributed by atoms with Gasteiger partial charge in [0.1, 0.15) is 6.04 Å². The van der Waals surface area contributed by atoms with Crippen LogP contribution in [0.1, 0.15) is 44.7 Å². The second-order valence-electron chi connectivity index (χ2n) is 8.30. The van der Waals surface area contributed by atoms with E-state index in [2.05, 4.69) is 17.2 Å². The molecule has 0 spiro atoms. The quantitative estimate of drug-likeness (QED) is 0.658. The molecular weight excluding hydrogens is 402 g/mol. The molecular formula is C26H31N3O3. The van der Waals surface area contributed by atoms with E-state index in [4.69, 9.17) is 0 Å². The van der Waals surface area contributed by atoms with Crippen molar-refractivity contribution in [2.75, 3.05) is 19.6 Å². The first-order chi connectivity index (χ1) is 15.4. The molecule has 2 aromatic carbocycles. The maximum atomic E-state index is 12.9. The van der Waals surface area contributed by atoms with Crippen molar-refractivity contribution in [3.8, 4) is 0 Å². The van der Waals surface area contributed by atoms with Crippen molar-refractivity contribution in [1.82, 2.24) is 15.5 Å². The van der Waals surface area contributed by atoms with Crippen molar-refractivity contribution in [2.24, 2.45) is 5.92 Å². The third kappa shape index (κ3) is 5.63. The topological polar surface area (TPSA) is 78.5 Å². The first kappa shape index (κ1) is 23.3. The summed E-state index contributed by atoms with van der Waals surface area (Å²) in [5.41, 5.74) is 3.16. The van der Waals surface area contributed by atoms with Crippen molar-refractivity contribution in [3.05, 3.63) is 83.4 Å². The SMILES string of the molecule is C=CCNC(=O)[C@H](NC(=O)c1cccc(C)c1)C1CCN(C(=O)c2ccccc2C)CC1. The molecule has 0 saturated carbocycles. The van der Waals surface area contributed by atoms with Gasteiger partial charge in [0, 0.05) is 30.8 Å². The van der Waals surface area contributed by atoms with E-state index in [0.717, 1.165) is 11.1 Å². The number of aryl methyl sites for hydroxylation is 2. The summed E-state index contributed by atoms with van der Waals surface area (Å²) in [5, 5.41) is 5.75. The molecule has 1 aliphatic rings. The molecule has 2 aromatic rings. The second-order valence-corrected chi connectivity index (χ2v) is 8.30. The molecule has 1 fully saturated rings. The molecule has 2 N–H and O–H groups in total. The van der Waals surface area contributed by atoms with Crippen molar-refractivity contribution >= 4 is 17.7 Å². The van der Waals surface area contributed by atoms with Crippen molar-refractivity contribution in [3.63, 3.8) is 0 Å². The Morgan fingerprint density at radius 2 is 1.81 bits per heavy atom. The number of piperidine rings is 1. The number of hydrogen-bond donors (Lipinski definition) is 2. The van der Waals surface area contributed by atoms with Gasteiger partial charge in [-0.3, -0.25) is 14.4 Å². The zero-order valence-corrected chi connectivity index (χ0v) is 18.8. The maximum Gasteiger partial charge on any atom is 0.254 e. The summed E-state index contributed by atoms with van der Waals surface area (Å²) < 4.78 is 0. The number of likely N-dealkylation sites (tertiary alicyclic amines) is 1. The lowest BCUT2D eigenvalue weighted by Crippen LogP contribution is -2.53. The number of hydrogen-bond acceptors (Lipinski definition) is 3. The number of carbonyl (C=O) groups is 3. The van der Waals surface area contributed by atoms with E-state index in [1.165, 1.54) is 0 Å². The first-order valence-corrected chi connectivity index (χ1v) is 11.0. The summed E-state index contributed by atoms with van der Waals surface area (Å²) in [4.78, 5) is 40.5. The average molecular weight is 434 g/mol. The lowest BCUT2D eigenvalue weighted by atomic mass is 9.88. The van der Waals surface area contributed by atoms with Crippen LogP contribution in [-0.4, -0.2) is 48.3 Å². The highest BCUT2D eigenvalue weighted by Gasteiger charge is 2.34. The Labute approximate surface area is 189 Å². The molecule has 0 unspecified atom stereocenters. The van der Waals surface area contributed by atoms with Crippen LogP contribution in [0.2, 0.25) is 0 Å². The smallest absolute Gasteiger partial charge is 0.254 e. The van der Waals surface area contributed by atoms with Crippen LogP contribution in [0.15, 0.2) is 61.2 Å². The van der Waals surface area contributed by atoms with Crippen LogP contribution in [0.3, 0.4) is 0 Å². The Kier molecular flexibility index (Phi) is 7.82. The minimum atomic E-state index is -0.668. The zero-order chi connectivity index (χ0) is 23.1. The van der Waals surface area contributed by atoms with Crippen LogP contribution < -0.4 is 10.6 Å². The van der Waals surface area contributed by atoms with Crippen LogP contribution in [0.4, 0.5) is 0 Å². The van der Waals surface area contributed by atoms with Crippen molar-refractivity contribution in [2.45, 2.75) is 32.7 Å². The van der Waals surface area contributed by atoms with Gasteiger partial charge in [0.05, 0.1) is 0 Å². The molecule has 1 atom stereocenters. The molecule has 0 bridgehead atoms. The molecule has 1 aliphatic heterocycles. The number of nitrogens with one attached hydrogen (secondary N) is 2. The van der Waals surface area contributed by atoms with Gasteiger partial charge in [-0.05, 0) is 56.4 Å². The highest BCUT2D eigenvalue weighted by molar-refractivity contribution is 5.98. The molecule has 6 nitrogen and oxygen atoms in total. The number of carbonyl (C=O) groups excluding carboxylic acids is 3. The minimum Gasteiger partial charge on any atom is -0.351 e. The van der Waals surface area contributed by atoms with E-state index >= 15 is 0 Å². The third-order valence-electron chi connectivity index (χ3n) is 5.94. The van der Waals surface area contributed by atoms with Crippen LogP contribution in [0.5, 0.6) is 0 Å². The summed E-state index contributed by atoms with van der Waals surface area (Å²) in [5.74, 6) is -0.548. The standard InChI is InChI=1S/C26H31N3O3/c1-4-14-27-25(31)23(28-24(30)21-10-7-8-18(2)17-21)20-12-15-29(16-13-20)26(32)22-11-6-5-9-19(22)3/h4-11,17,20,23H,1,12-16H2,2-3H3,(H,27,31)(H,28,30)/t23-/m1/s1. The van der Waals surface area contributed by atoms with Gasteiger partial charge in [0.25, 0.3) is 11.8 Å². The van der Waals surface area contributed by atoms with Gasteiger partial charge in [-0.1, -0.05) is 42.0 Å². The van der Waals surface area contributed by atoms with Crippen LogP contribution >= 0.6 is 0 Å². The molecule has 0 aromatic heterocycles. The molecule has 1 saturated heterocycles. The second kappa shape index (κ2) is 10.8. The van der Waals surface area contributed by atoms with Crippen molar-refractivity contribution in [1.29, 1.82) is 0 Å². The van der Waals surface area contributed by atoms with Crippen LogP contribution in [-0.2, 0) is 4.79 Å². The predicted octanol–water partition coefficient (Wildman–Crippen LogP) is 3.26. The lowest BCUT2D eigenvalue weighted by Gasteiger charge is -2.36. The van der Waals surface area contributed by atoms with Gasteiger partial charge in [0.15, 0.2) is 0 Å². The molecule has 3 amide bonds. The average Bonchev–Trinajstić information content (AvgIpc) is 2.81. The summed E-state index contributed by atoms with van der Waals surface area (Å²) in [6.07, 6.45) is 2.89. The van der Waals surface area contributed by atoms with Gasteiger partial charge in [-0.2, -0.15) is 0 Å². The van der Waals surface area contributed by atoms with E-state index in [1.807, 2.05) is 55.1 Å². The molecule has 168 valence electrons.